The number of aromatic nitrogens is 1. The van der Waals surface area contributed by atoms with Gasteiger partial charge in [0.1, 0.15) is 5.02 Å². The number of carbonyl (C=O) groups is 1. The Hall–Kier alpha value is -1.98. The molecular weight excluding hydrogens is 305 g/mol. The molecular formula is C13H9Cl2NO4. The van der Waals surface area contributed by atoms with Gasteiger partial charge in [-0.2, -0.15) is 0 Å². The van der Waals surface area contributed by atoms with Crippen molar-refractivity contribution in [2.75, 3.05) is 7.11 Å². The number of aromatic carboxylic acids is 1. The van der Waals surface area contributed by atoms with Gasteiger partial charge in [-0.25, -0.2) is 9.78 Å². The molecule has 0 saturated heterocycles. The summed E-state index contributed by atoms with van der Waals surface area (Å²) >= 11 is 11.7. The van der Waals surface area contributed by atoms with Crippen LogP contribution in [0.25, 0.3) is 0 Å². The number of hydrogen-bond donors (Lipinski definition) is 1. The van der Waals surface area contributed by atoms with Gasteiger partial charge >= 0.3 is 5.97 Å². The number of pyridine rings is 1. The smallest absolute Gasteiger partial charge is 0.335 e. The number of ether oxygens (including phenoxy) is 2. The Morgan fingerprint density at radius 1 is 1.25 bits per heavy atom. The van der Waals surface area contributed by atoms with Crippen molar-refractivity contribution in [2.45, 2.75) is 0 Å². The number of nitrogens with zero attached hydrogens (tertiary/aromatic N) is 1. The van der Waals surface area contributed by atoms with E-state index in [0.717, 1.165) is 0 Å². The van der Waals surface area contributed by atoms with Gasteiger partial charge in [0.2, 0.25) is 5.88 Å². The number of benzene rings is 1. The Labute approximate surface area is 124 Å². The maximum atomic E-state index is 10.9. The fourth-order valence-corrected chi connectivity index (χ4v) is 1.88. The van der Waals surface area contributed by atoms with E-state index in [2.05, 4.69) is 4.98 Å². The van der Waals surface area contributed by atoms with E-state index >= 15 is 0 Å². The van der Waals surface area contributed by atoms with Gasteiger partial charge in [0.15, 0.2) is 11.5 Å². The topological polar surface area (TPSA) is 68.7 Å². The first kappa shape index (κ1) is 14.4. The molecule has 1 N–H and O–H groups in total. The van der Waals surface area contributed by atoms with Crippen LogP contribution >= 0.6 is 23.2 Å². The van der Waals surface area contributed by atoms with Crippen LogP contribution in [0.4, 0.5) is 0 Å². The number of halogens is 2. The summed E-state index contributed by atoms with van der Waals surface area (Å²) in [5, 5.41) is 9.54. The Balaban J connectivity index is 2.35. The van der Waals surface area contributed by atoms with Gasteiger partial charge in [-0.15, -0.1) is 0 Å². The monoisotopic (exact) mass is 313 g/mol. The SMILES string of the molecule is COc1cc(C(=O)O)ccc1Oc1ncc(Cl)cc1Cl. The van der Waals surface area contributed by atoms with Crippen molar-refractivity contribution in [1.82, 2.24) is 4.98 Å². The van der Waals surface area contributed by atoms with E-state index in [9.17, 15) is 4.79 Å². The summed E-state index contributed by atoms with van der Waals surface area (Å²) in [6.45, 7) is 0. The second kappa shape index (κ2) is 5.98. The minimum Gasteiger partial charge on any atom is -0.493 e. The summed E-state index contributed by atoms with van der Waals surface area (Å²) in [4.78, 5) is 14.8. The predicted molar refractivity (Wildman–Crippen MR) is 74.3 cm³/mol. The van der Waals surface area contributed by atoms with Crippen LogP contribution in [0.5, 0.6) is 17.4 Å². The predicted octanol–water partition coefficient (Wildman–Crippen LogP) is 3.89. The molecule has 0 atom stereocenters. The molecule has 1 heterocycles. The second-order valence-electron chi connectivity index (χ2n) is 3.71. The number of methoxy groups -OCH3 is 1. The van der Waals surface area contributed by atoms with Crippen molar-refractivity contribution >= 4 is 29.2 Å². The first-order valence-electron chi connectivity index (χ1n) is 5.41. The molecule has 1 aromatic carbocycles. The zero-order valence-corrected chi connectivity index (χ0v) is 11.8. The molecule has 0 aliphatic carbocycles. The molecule has 1 aromatic heterocycles. The lowest BCUT2D eigenvalue weighted by molar-refractivity contribution is 0.0696. The van der Waals surface area contributed by atoms with Gasteiger partial charge < -0.3 is 14.6 Å². The third-order valence-electron chi connectivity index (χ3n) is 2.39. The highest BCUT2D eigenvalue weighted by molar-refractivity contribution is 6.35. The fourth-order valence-electron chi connectivity index (χ4n) is 1.47. The summed E-state index contributed by atoms with van der Waals surface area (Å²) in [6.07, 6.45) is 1.39. The van der Waals surface area contributed by atoms with Gasteiger partial charge in [-0.1, -0.05) is 23.2 Å². The molecule has 0 unspecified atom stereocenters. The Morgan fingerprint density at radius 3 is 2.60 bits per heavy atom. The molecule has 0 radical (unpaired) electrons. The molecule has 2 aromatic rings. The van der Waals surface area contributed by atoms with Crippen molar-refractivity contribution in [3.8, 4) is 17.4 Å². The number of hydrogen-bond acceptors (Lipinski definition) is 4. The van der Waals surface area contributed by atoms with E-state index in [1.807, 2.05) is 0 Å². The second-order valence-corrected chi connectivity index (χ2v) is 4.56. The molecule has 5 nitrogen and oxygen atoms in total. The minimum atomic E-state index is -1.06. The lowest BCUT2D eigenvalue weighted by atomic mass is 10.2. The van der Waals surface area contributed by atoms with Crippen LogP contribution in [-0.4, -0.2) is 23.2 Å². The van der Waals surface area contributed by atoms with Crippen LogP contribution in [0.1, 0.15) is 10.4 Å². The summed E-state index contributed by atoms with van der Waals surface area (Å²) in [6, 6.07) is 5.70. The molecule has 0 aliphatic rings. The van der Waals surface area contributed by atoms with Crippen molar-refractivity contribution in [1.29, 1.82) is 0 Å². The normalized spacial score (nSPS) is 10.2. The molecule has 0 aliphatic heterocycles. The van der Waals surface area contributed by atoms with E-state index in [4.69, 9.17) is 37.8 Å². The Bertz CT molecular complexity index is 661. The maximum absolute atomic E-state index is 10.9. The van der Waals surface area contributed by atoms with Crippen LogP contribution in [0.2, 0.25) is 10.0 Å². The summed E-state index contributed by atoms with van der Waals surface area (Å²) in [5.74, 6) is -0.345. The zero-order valence-electron chi connectivity index (χ0n) is 10.3. The molecule has 0 saturated carbocycles. The highest BCUT2D eigenvalue weighted by atomic mass is 35.5. The largest absolute Gasteiger partial charge is 0.493 e. The minimum absolute atomic E-state index is 0.0874. The summed E-state index contributed by atoms with van der Waals surface area (Å²) < 4.78 is 10.6. The van der Waals surface area contributed by atoms with Gasteiger partial charge in [0, 0.05) is 6.20 Å². The van der Waals surface area contributed by atoms with Crippen molar-refractivity contribution < 1.29 is 19.4 Å². The quantitative estimate of drug-likeness (QED) is 0.927. The third-order valence-corrected chi connectivity index (χ3v) is 2.87. The molecule has 0 amide bonds. The van der Waals surface area contributed by atoms with E-state index in [0.29, 0.717) is 10.8 Å². The first-order valence-corrected chi connectivity index (χ1v) is 6.17. The molecule has 0 bridgehead atoms. The van der Waals surface area contributed by atoms with Gasteiger partial charge in [0.25, 0.3) is 0 Å². The number of rotatable bonds is 4. The average Bonchev–Trinajstić information content (AvgIpc) is 2.42. The van der Waals surface area contributed by atoms with Crippen LogP contribution < -0.4 is 9.47 Å². The molecule has 20 heavy (non-hydrogen) atoms. The van der Waals surface area contributed by atoms with E-state index in [-0.39, 0.29) is 22.2 Å². The summed E-state index contributed by atoms with van der Waals surface area (Å²) in [7, 11) is 1.41. The maximum Gasteiger partial charge on any atom is 0.335 e. The van der Waals surface area contributed by atoms with Crippen molar-refractivity contribution in [3.63, 3.8) is 0 Å². The van der Waals surface area contributed by atoms with E-state index in [1.165, 1.54) is 37.6 Å². The molecule has 104 valence electrons. The number of carboxylic acid groups (broad SMARTS) is 1. The molecule has 0 spiro atoms. The van der Waals surface area contributed by atoms with Crippen molar-refractivity contribution in [3.05, 3.63) is 46.1 Å². The van der Waals surface area contributed by atoms with E-state index < -0.39 is 5.97 Å². The highest BCUT2D eigenvalue weighted by Crippen LogP contribution is 2.35. The number of carboxylic acids is 1. The van der Waals surface area contributed by atoms with Crippen LogP contribution in [-0.2, 0) is 0 Å². The van der Waals surface area contributed by atoms with Gasteiger partial charge in [-0.05, 0) is 24.3 Å². The fraction of sp³-hybridized carbons (Fsp3) is 0.0769. The lowest BCUT2D eigenvalue weighted by Crippen LogP contribution is -1.99. The van der Waals surface area contributed by atoms with Crippen LogP contribution in [0.3, 0.4) is 0 Å². The highest BCUT2D eigenvalue weighted by Gasteiger charge is 2.13. The van der Waals surface area contributed by atoms with Gasteiger partial charge in [0.05, 0.1) is 17.7 Å². The van der Waals surface area contributed by atoms with Crippen LogP contribution in [0.15, 0.2) is 30.5 Å². The van der Waals surface area contributed by atoms with Gasteiger partial charge in [-0.3, -0.25) is 0 Å². The third kappa shape index (κ3) is 3.12. The van der Waals surface area contributed by atoms with E-state index in [1.54, 1.807) is 0 Å². The lowest BCUT2D eigenvalue weighted by Gasteiger charge is -2.11. The standard InChI is InChI=1S/C13H9Cl2NO4/c1-19-11-4-7(13(17)18)2-3-10(11)20-12-9(15)5-8(14)6-16-12/h2-6H,1H3,(H,17,18). The molecule has 7 heteroatoms. The molecule has 0 fully saturated rings. The molecule has 2 rings (SSSR count). The Morgan fingerprint density at radius 2 is 2.00 bits per heavy atom. The van der Waals surface area contributed by atoms with Crippen LogP contribution in [0, 0.1) is 0 Å². The first-order chi connectivity index (χ1) is 9.51. The summed E-state index contributed by atoms with van der Waals surface area (Å²) in [5.41, 5.74) is 0.0874. The van der Waals surface area contributed by atoms with Crippen molar-refractivity contribution in [2.24, 2.45) is 0 Å². The average molecular weight is 314 g/mol. The Kier molecular flexibility index (Phi) is 4.32. The zero-order chi connectivity index (χ0) is 14.7.